The molecule has 0 N–H and O–H groups in total. The molecule has 1 unspecified atom stereocenters. The largest absolute Gasteiger partial charge is 0.492 e. The van der Waals surface area contributed by atoms with Gasteiger partial charge in [0.15, 0.2) is 0 Å². The van der Waals surface area contributed by atoms with Crippen molar-refractivity contribution in [3.8, 4) is 5.75 Å². The van der Waals surface area contributed by atoms with Gasteiger partial charge in [-0.15, -0.1) is 0 Å². The molecule has 3 aromatic carbocycles. The van der Waals surface area contributed by atoms with Crippen LogP contribution in [0.15, 0.2) is 57.8 Å². The van der Waals surface area contributed by atoms with Crippen LogP contribution in [0.1, 0.15) is 18.1 Å². The molecule has 124 valence electrons. The number of aryl methyl sites for hydroxylation is 1. The van der Waals surface area contributed by atoms with E-state index in [2.05, 4.69) is 0 Å². The van der Waals surface area contributed by atoms with Crippen molar-refractivity contribution in [2.45, 2.75) is 19.3 Å². The molecule has 0 amide bonds. The first-order valence-corrected chi connectivity index (χ1v) is 8.54. The fourth-order valence-electron chi connectivity index (χ4n) is 3.76. The maximum Gasteiger partial charge on any atom is 0.344 e. The molecule has 2 radical (unpaired) electrons. The summed E-state index contributed by atoms with van der Waals surface area (Å²) in [4.78, 5) is 12.9. The zero-order valence-electron chi connectivity index (χ0n) is 14.5. The number of ether oxygens (including phenoxy) is 1. The summed E-state index contributed by atoms with van der Waals surface area (Å²) in [6.07, 6.45) is 3.63. The van der Waals surface area contributed by atoms with Crippen molar-refractivity contribution in [2.75, 3.05) is 0 Å². The molecular weight excluding hydrogens is 323 g/mol. The Labute approximate surface area is 151 Å². The maximum absolute atomic E-state index is 12.9. The van der Waals surface area contributed by atoms with Crippen LogP contribution in [-0.2, 0) is 0 Å². The van der Waals surface area contributed by atoms with Crippen LogP contribution >= 0.6 is 0 Å². The summed E-state index contributed by atoms with van der Waals surface area (Å²) >= 11 is 0. The monoisotopic (exact) mass is 338 g/mol. The van der Waals surface area contributed by atoms with Crippen molar-refractivity contribution in [1.29, 1.82) is 0 Å². The van der Waals surface area contributed by atoms with E-state index >= 15 is 0 Å². The second-order valence-corrected chi connectivity index (χ2v) is 7.05. The van der Waals surface area contributed by atoms with Gasteiger partial charge in [0, 0.05) is 21.7 Å². The van der Waals surface area contributed by atoms with Crippen LogP contribution in [-0.4, -0.2) is 13.3 Å². The molecule has 26 heavy (non-hydrogen) atoms. The van der Waals surface area contributed by atoms with E-state index < -0.39 is 5.50 Å². The van der Waals surface area contributed by atoms with Crippen LogP contribution in [0.5, 0.6) is 5.75 Å². The van der Waals surface area contributed by atoms with Crippen molar-refractivity contribution in [3.63, 3.8) is 0 Å². The Kier molecular flexibility index (Phi) is 2.94. The minimum absolute atomic E-state index is 0.367. The summed E-state index contributed by atoms with van der Waals surface area (Å²) < 4.78 is 11.7. The highest BCUT2D eigenvalue weighted by molar-refractivity contribution is 6.24. The van der Waals surface area contributed by atoms with Crippen molar-refractivity contribution in [1.82, 2.24) is 0 Å². The van der Waals surface area contributed by atoms with E-state index in [-0.39, 0.29) is 5.63 Å². The highest BCUT2D eigenvalue weighted by Crippen LogP contribution is 2.43. The quantitative estimate of drug-likeness (QED) is 0.265. The van der Waals surface area contributed by atoms with E-state index in [1.807, 2.05) is 55.5 Å². The third kappa shape index (κ3) is 2.05. The average Bonchev–Trinajstić information content (AvgIpc) is 2.60. The summed E-state index contributed by atoms with van der Waals surface area (Å²) in [5.41, 5.74) is 1.07. The van der Waals surface area contributed by atoms with E-state index in [4.69, 9.17) is 17.0 Å². The van der Waals surface area contributed by atoms with Crippen molar-refractivity contribution in [3.05, 3.63) is 70.1 Å². The summed E-state index contributed by atoms with van der Waals surface area (Å²) in [5.74, 6) is 0.624. The molecule has 1 aromatic heterocycles. The molecule has 0 saturated heterocycles. The zero-order chi connectivity index (χ0) is 18.1. The van der Waals surface area contributed by atoms with Crippen LogP contribution in [0.3, 0.4) is 0 Å². The van der Waals surface area contributed by atoms with Crippen molar-refractivity contribution >= 4 is 46.4 Å². The highest BCUT2D eigenvalue weighted by atomic mass is 16.5. The van der Waals surface area contributed by atoms with Crippen LogP contribution in [0.2, 0.25) is 0 Å². The average molecular weight is 338 g/mol. The molecule has 2 heterocycles. The number of hydrogen-bond acceptors (Lipinski definition) is 3. The lowest BCUT2D eigenvalue weighted by Crippen LogP contribution is -2.32. The minimum atomic E-state index is -0.919. The third-order valence-electron chi connectivity index (χ3n) is 4.92. The molecule has 1 aliphatic rings. The Balaban J connectivity index is 2.11. The lowest BCUT2D eigenvalue weighted by molar-refractivity contribution is 0.227. The summed E-state index contributed by atoms with van der Waals surface area (Å²) in [7, 11) is 6.16. The first-order chi connectivity index (χ1) is 12.4. The molecule has 3 nitrogen and oxygen atoms in total. The molecule has 1 aliphatic heterocycles. The highest BCUT2D eigenvalue weighted by Gasteiger charge is 2.27. The van der Waals surface area contributed by atoms with Gasteiger partial charge in [-0.25, -0.2) is 4.79 Å². The Hall–Kier alpha value is -3.01. The molecule has 5 rings (SSSR count). The lowest BCUT2D eigenvalue weighted by Gasteiger charge is -2.30. The smallest absolute Gasteiger partial charge is 0.344 e. The summed E-state index contributed by atoms with van der Waals surface area (Å²) in [6.45, 7) is 3.77. The number of fused-ring (bicyclic) bond motifs is 8. The SMILES string of the molecule is [B]C1(C)C=Cc2c(c3ccccc3c3c2c(=O)oc2cc(C)ccc23)O1. The number of benzene rings is 3. The van der Waals surface area contributed by atoms with Gasteiger partial charge in [-0.05, 0) is 30.9 Å². The van der Waals surface area contributed by atoms with Crippen LogP contribution in [0.4, 0.5) is 0 Å². The van der Waals surface area contributed by atoms with Gasteiger partial charge in [-0.2, -0.15) is 0 Å². The first kappa shape index (κ1) is 15.3. The van der Waals surface area contributed by atoms with Crippen molar-refractivity contribution in [2.24, 2.45) is 0 Å². The number of rotatable bonds is 0. The second-order valence-electron chi connectivity index (χ2n) is 7.05. The third-order valence-corrected chi connectivity index (χ3v) is 4.92. The predicted octanol–water partition coefficient (Wildman–Crippen LogP) is 4.70. The number of hydrogen-bond donors (Lipinski definition) is 0. The van der Waals surface area contributed by atoms with Crippen molar-refractivity contribution < 1.29 is 9.15 Å². The molecule has 0 saturated carbocycles. The summed E-state index contributed by atoms with van der Waals surface area (Å²) in [5, 5.41) is 4.22. The normalized spacial score (nSPS) is 19.0. The Morgan fingerprint density at radius 1 is 1.00 bits per heavy atom. The van der Waals surface area contributed by atoms with Gasteiger partial charge in [0.25, 0.3) is 0 Å². The first-order valence-electron chi connectivity index (χ1n) is 8.54. The fourth-order valence-corrected chi connectivity index (χ4v) is 3.76. The van der Waals surface area contributed by atoms with Gasteiger partial charge < -0.3 is 9.15 Å². The predicted molar refractivity (Wildman–Crippen MR) is 106 cm³/mol. The van der Waals surface area contributed by atoms with E-state index in [1.54, 1.807) is 13.0 Å². The molecule has 1 atom stereocenters. The second kappa shape index (κ2) is 5.01. The molecule has 0 spiro atoms. The zero-order valence-corrected chi connectivity index (χ0v) is 14.5. The van der Waals surface area contributed by atoms with E-state index in [9.17, 15) is 4.79 Å². The molecule has 0 aliphatic carbocycles. The van der Waals surface area contributed by atoms with Gasteiger partial charge in [0.2, 0.25) is 0 Å². The van der Waals surface area contributed by atoms with Crippen LogP contribution in [0, 0.1) is 6.92 Å². The maximum atomic E-state index is 12.9. The van der Waals surface area contributed by atoms with E-state index in [0.717, 1.165) is 32.7 Å². The topological polar surface area (TPSA) is 39.4 Å². The molecule has 0 bridgehead atoms. The van der Waals surface area contributed by atoms with Gasteiger partial charge in [0.1, 0.15) is 19.2 Å². The van der Waals surface area contributed by atoms with Crippen LogP contribution < -0.4 is 10.4 Å². The van der Waals surface area contributed by atoms with E-state index in [1.165, 1.54) is 0 Å². The van der Waals surface area contributed by atoms with Crippen LogP contribution in [0.25, 0.3) is 38.6 Å². The Morgan fingerprint density at radius 2 is 1.77 bits per heavy atom. The lowest BCUT2D eigenvalue weighted by atomic mass is 9.80. The van der Waals surface area contributed by atoms with Gasteiger partial charge in [0.05, 0.1) is 10.9 Å². The Bertz CT molecular complexity index is 1310. The molecule has 0 fully saturated rings. The van der Waals surface area contributed by atoms with Gasteiger partial charge in [-0.1, -0.05) is 48.6 Å². The standard InChI is InChI=1S/C22H15BO3/c1-12-7-8-15-17(11-12)25-21(24)19-16-9-10-22(2,23)26-20(16)14-6-4-3-5-13(14)18(15)19/h3-11H,1-2H3. The van der Waals surface area contributed by atoms with Gasteiger partial charge in [-0.3, -0.25) is 0 Å². The Morgan fingerprint density at radius 3 is 2.58 bits per heavy atom. The van der Waals surface area contributed by atoms with Gasteiger partial charge >= 0.3 is 5.63 Å². The molecular formula is C22H15BO3. The molecule has 4 aromatic rings. The fraction of sp³-hybridized carbons (Fsp3) is 0.136. The minimum Gasteiger partial charge on any atom is -0.492 e. The molecule has 4 heteroatoms. The van der Waals surface area contributed by atoms with E-state index in [0.29, 0.717) is 16.7 Å². The summed E-state index contributed by atoms with van der Waals surface area (Å²) in [6, 6.07) is 13.9.